The summed E-state index contributed by atoms with van der Waals surface area (Å²) in [6.45, 7) is 3.20. The lowest BCUT2D eigenvalue weighted by Crippen LogP contribution is -2.28. The molecular weight excluding hydrogens is 374 g/mol. The molecule has 1 atom stereocenters. The summed E-state index contributed by atoms with van der Waals surface area (Å²) in [6.07, 6.45) is 1.03. The van der Waals surface area contributed by atoms with Gasteiger partial charge in [0.1, 0.15) is 11.0 Å². The quantitative estimate of drug-likeness (QED) is 0.713. The number of aliphatic imine (C=N–C) groups is 1. The Bertz CT molecular complexity index is 838. The summed E-state index contributed by atoms with van der Waals surface area (Å²) < 4.78 is 5.52. The van der Waals surface area contributed by atoms with Gasteiger partial charge < -0.3 is 15.4 Å². The van der Waals surface area contributed by atoms with E-state index in [9.17, 15) is 9.59 Å². The minimum absolute atomic E-state index is 0.0922. The number of rotatable bonds is 8. The van der Waals surface area contributed by atoms with Gasteiger partial charge in [-0.25, -0.2) is 0 Å². The number of carbonyl (C=O) groups is 2. The van der Waals surface area contributed by atoms with E-state index in [-0.39, 0.29) is 18.2 Å². The van der Waals surface area contributed by atoms with Crippen molar-refractivity contribution in [1.29, 1.82) is 0 Å². The number of nitrogens with zero attached hydrogens (tertiary/aromatic N) is 1. The van der Waals surface area contributed by atoms with Crippen LogP contribution in [-0.2, 0) is 16.1 Å². The van der Waals surface area contributed by atoms with Gasteiger partial charge in [-0.1, -0.05) is 49.0 Å². The third kappa shape index (κ3) is 5.85. The number of amides is 2. The van der Waals surface area contributed by atoms with Crippen molar-refractivity contribution in [2.75, 3.05) is 11.9 Å². The fraction of sp³-hybridized carbons (Fsp3) is 0.286. The van der Waals surface area contributed by atoms with Crippen LogP contribution in [0.4, 0.5) is 5.69 Å². The molecular formula is C21H23N3O3S. The van der Waals surface area contributed by atoms with E-state index < -0.39 is 5.25 Å². The number of hydrogen-bond acceptors (Lipinski definition) is 5. The van der Waals surface area contributed by atoms with Gasteiger partial charge in [-0.15, -0.1) is 0 Å². The maximum atomic E-state index is 12.3. The molecule has 2 amide bonds. The van der Waals surface area contributed by atoms with E-state index in [0.717, 1.165) is 17.7 Å². The average molecular weight is 398 g/mol. The Kier molecular flexibility index (Phi) is 7.08. The van der Waals surface area contributed by atoms with Crippen molar-refractivity contribution in [1.82, 2.24) is 5.32 Å². The molecule has 6 nitrogen and oxygen atoms in total. The molecule has 0 unspecified atom stereocenters. The number of carbonyl (C=O) groups excluding carboxylic acids is 2. The van der Waals surface area contributed by atoms with Gasteiger partial charge in [0.2, 0.25) is 11.8 Å². The Labute approximate surface area is 168 Å². The molecule has 1 fully saturated rings. The minimum atomic E-state index is -0.471. The summed E-state index contributed by atoms with van der Waals surface area (Å²) in [5.74, 6) is 0.374. The van der Waals surface area contributed by atoms with Crippen LogP contribution in [0, 0.1) is 0 Å². The molecule has 2 aromatic rings. The normalized spacial score (nSPS) is 17.4. The van der Waals surface area contributed by atoms with Crippen molar-refractivity contribution in [2.24, 2.45) is 4.99 Å². The highest BCUT2D eigenvalue weighted by Crippen LogP contribution is 2.24. The Hall–Kier alpha value is -2.80. The predicted octanol–water partition coefficient (Wildman–Crippen LogP) is 3.59. The maximum absolute atomic E-state index is 12.3. The highest BCUT2D eigenvalue weighted by molar-refractivity contribution is 8.15. The van der Waals surface area contributed by atoms with Crippen molar-refractivity contribution in [2.45, 2.75) is 31.6 Å². The second-order valence-electron chi connectivity index (χ2n) is 6.33. The number of hydrogen-bond donors (Lipinski definition) is 2. The second kappa shape index (κ2) is 9.94. The molecule has 1 saturated heterocycles. The molecule has 7 heteroatoms. The SMILES string of the molecule is CCCOc1ccc(NC(=O)C[C@H]2SC(=NCc3ccccc3)NC2=O)cc1. The van der Waals surface area contributed by atoms with Crippen molar-refractivity contribution < 1.29 is 14.3 Å². The molecule has 1 aliphatic heterocycles. The summed E-state index contributed by atoms with van der Waals surface area (Å²) in [7, 11) is 0. The molecule has 146 valence electrons. The third-order valence-corrected chi connectivity index (χ3v) is 5.13. The van der Waals surface area contributed by atoms with Crippen LogP contribution in [0.1, 0.15) is 25.3 Å². The second-order valence-corrected chi connectivity index (χ2v) is 7.52. The lowest BCUT2D eigenvalue weighted by atomic mass is 10.2. The predicted molar refractivity (Wildman–Crippen MR) is 113 cm³/mol. The topological polar surface area (TPSA) is 79.8 Å². The number of anilines is 1. The van der Waals surface area contributed by atoms with Crippen molar-refractivity contribution in [3.05, 3.63) is 60.2 Å². The first kappa shape index (κ1) is 19.9. The minimum Gasteiger partial charge on any atom is -0.494 e. The first-order valence-corrected chi connectivity index (χ1v) is 10.1. The van der Waals surface area contributed by atoms with Gasteiger partial charge in [0.05, 0.1) is 13.2 Å². The van der Waals surface area contributed by atoms with Crippen LogP contribution in [0.25, 0.3) is 0 Å². The molecule has 0 bridgehead atoms. The summed E-state index contributed by atoms with van der Waals surface area (Å²) in [5, 5.41) is 5.65. The van der Waals surface area contributed by atoms with Gasteiger partial charge in [-0.3, -0.25) is 14.6 Å². The summed E-state index contributed by atoms with van der Waals surface area (Å²) in [4.78, 5) is 28.8. The van der Waals surface area contributed by atoms with Gasteiger partial charge in [0, 0.05) is 12.1 Å². The van der Waals surface area contributed by atoms with Crippen LogP contribution in [0.2, 0.25) is 0 Å². The molecule has 0 saturated carbocycles. The first-order chi connectivity index (χ1) is 13.6. The number of nitrogens with one attached hydrogen (secondary N) is 2. The number of amidine groups is 1. The summed E-state index contributed by atoms with van der Waals surface area (Å²) in [5.41, 5.74) is 1.74. The van der Waals surface area contributed by atoms with Crippen LogP contribution in [0.3, 0.4) is 0 Å². The van der Waals surface area contributed by atoms with E-state index >= 15 is 0 Å². The lowest BCUT2D eigenvalue weighted by molar-refractivity contribution is -0.122. The van der Waals surface area contributed by atoms with Gasteiger partial charge in [-0.2, -0.15) is 0 Å². The third-order valence-electron chi connectivity index (χ3n) is 4.01. The molecule has 1 heterocycles. The average Bonchev–Trinajstić information content (AvgIpc) is 3.06. The summed E-state index contributed by atoms with van der Waals surface area (Å²) in [6, 6.07) is 17.0. The van der Waals surface area contributed by atoms with Crippen molar-refractivity contribution in [3.63, 3.8) is 0 Å². The zero-order valence-corrected chi connectivity index (χ0v) is 16.5. The van der Waals surface area contributed by atoms with Crippen molar-refractivity contribution in [3.8, 4) is 5.75 Å². The van der Waals surface area contributed by atoms with Gasteiger partial charge in [0.15, 0.2) is 5.17 Å². The maximum Gasteiger partial charge on any atom is 0.240 e. The van der Waals surface area contributed by atoms with Crippen molar-refractivity contribution >= 4 is 34.4 Å². The van der Waals surface area contributed by atoms with E-state index in [1.165, 1.54) is 11.8 Å². The molecule has 0 aliphatic carbocycles. The van der Waals surface area contributed by atoms with Crippen LogP contribution in [0.5, 0.6) is 5.75 Å². The van der Waals surface area contributed by atoms with E-state index in [4.69, 9.17) is 4.74 Å². The van der Waals surface area contributed by atoms with E-state index in [1.54, 1.807) is 12.1 Å². The molecule has 3 rings (SSSR count). The van der Waals surface area contributed by atoms with E-state index in [0.29, 0.717) is 24.0 Å². The summed E-state index contributed by atoms with van der Waals surface area (Å²) >= 11 is 1.30. The number of thioether (sulfide) groups is 1. The highest BCUT2D eigenvalue weighted by atomic mass is 32.2. The number of ether oxygens (including phenoxy) is 1. The molecule has 2 aromatic carbocycles. The molecule has 2 N–H and O–H groups in total. The fourth-order valence-electron chi connectivity index (χ4n) is 2.60. The largest absolute Gasteiger partial charge is 0.494 e. The van der Waals surface area contributed by atoms with E-state index in [1.807, 2.05) is 49.4 Å². The zero-order chi connectivity index (χ0) is 19.8. The van der Waals surface area contributed by atoms with Crippen LogP contribution in [0.15, 0.2) is 59.6 Å². The first-order valence-electron chi connectivity index (χ1n) is 9.22. The highest BCUT2D eigenvalue weighted by Gasteiger charge is 2.31. The molecule has 28 heavy (non-hydrogen) atoms. The Morgan fingerprint density at radius 3 is 2.64 bits per heavy atom. The lowest BCUT2D eigenvalue weighted by Gasteiger charge is -2.09. The monoisotopic (exact) mass is 397 g/mol. The van der Waals surface area contributed by atoms with E-state index in [2.05, 4.69) is 15.6 Å². The van der Waals surface area contributed by atoms with Gasteiger partial charge in [0.25, 0.3) is 0 Å². The van der Waals surface area contributed by atoms with Gasteiger partial charge in [-0.05, 0) is 36.2 Å². The fourth-order valence-corrected chi connectivity index (χ4v) is 3.56. The number of benzene rings is 2. The van der Waals surface area contributed by atoms with Crippen LogP contribution < -0.4 is 15.4 Å². The van der Waals surface area contributed by atoms with Gasteiger partial charge >= 0.3 is 0 Å². The Morgan fingerprint density at radius 2 is 1.93 bits per heavy atom. The van der Waals surface area contributed by atoms with Crippen LogP contribution in [-0.4, -0.2) is 28.8 Å². The molecule has 0 aromatic heterocycles. The van der Waals surface area contributed by atoms with Crippen LogP contribution >= 0.6 is 11.8 Å². The molecule has 0 radical (unpaired) electrons. The smallest absolute Gasteiger partial charge is 0.240 e. The molecule has 0 spiro atoms. The standard InChI is InChI=1S/C21H23N3O3S/c1-2-12-27-17-10-8-16(9-11-17)23-19(25)13-18-20(26)24-21(28-18)22-14-15-6-4-3-5-7-15/h3-11,18H,2,12-14H2,1H3,(H,23,25)(H,22,24,26)/t18-/m1/s1. The Balaban J connectivity index is 1.49. The Morgan fingerprint density at radius 1 is 1.18 bits per heavy atom. The molecule has 1 aliphatic rings. The zero-order valence-electron chi connectivity index (χ0n) is 15.7.